The molecule has 1 heterocycles. The molecule has 0 radical (unpaired) electrons. The maximum atomic E-state index is 14.4. The average Bonchev–Trinajstić information content (AvgIpc) is 3.06. The van der Waals surface area contributed by atoms with E-state index in [-0.39, 0.29) is 35.2 Å². The van der Waals surface area contributed by atoms with Crippen molar-refractivity contribution in [3.63, 3.8) is 0 Å². The first-order valence-corrected chi connectivity index (χ1v) is 10.7. The summed E-state index contributed by atoms with van der Waals surface area (Å²) >= 11 is 0. The number of hydrogen-bond acceptors (Lipinski definition) is 3. The smallest absolute Gasteiger partial charge is 0.232 e. The normalized spacial score (nSPS) is 23.8. The van der Waals surface area contributed by atoms with Crippen molar-refractivity contribution >= 4 is 25.6 Å². The molecule has 1 aromatic rings. The van der Waals surface area contributed by atoms with Crippen LogP contribution in [0.5, 0.6) is 0 Å². The predicted molar refractivity (Wildman–Crippen MR) is 90.9 cm³/mol. The Morgan fingerprint density at radius 3 is 2.54 bits per heavy atom. The molecular formula is C17H21ClFNO3S. The Morgan fingerprint density at radius 1 is 1.25 bits per heavy atom. The van der Waals surface area contributed by atoms with Gasteiger partial charge in [-0.2, -0.15) is 0 Å². The van der Waals surface area contributed by atoms with E-state index in [9.17, 15) is 17.6 Å². The van der Waals surface area contributed by atoms with Crippen molar-refractivity contribution in [2.45, 2.75) is 37.5 Å². The molecule has 1 atom stereocenters. The van der Waals surface area contributed by atoms with Crippen LogP contribution in [0.1, 0.15) is 37.7 Å². The van der Waals surface area contributed by atoms with Crippen LogP contribution in [0, 0.1) is 11.7 Å². The number of amides is 1. The minimum atomic E-state index is -3.62. The Kier molecular flexibility index (Phi) is 4.89. The van der Waals surface area contributed by atoms with Gasteiger partial charge in [0, 0.05) is 41.5 Å². The summed E-state index contributed by atoms with van der Waals surface area (Å²) < 4.78 is 36.9. The molecule has 1 saturated carbocycles. The summed E-state index contributed by atoms with van der Waals surface area (Å²) in [5.41, 5.74) is 0.305. The number of benzene rings is 1. The second-order valence-corrected chi connectivity index (χ2v) is 9.84. The predicted octanol–water partition coefficient (Wildman–Crippen LogP) is 3.05. The number of hydrogen-bond donors (Lipinski definition) is 0. The van der Waals surface area contributed by atoms with Gasteiger partial charge in [0.25, 0.3) is 0 Å². The Balaban J connectivity index is 1.80. The molecule has 1 unspecified atom stereocenters. The zero-order valence-electron chi connectivity index (χ0n) is 13.4. The molecule has 1 aromatic carbocycles. The SMILES string of the molecule is O=C1CC(CS(=O)(=O)Cl)CN1CC1(c2ccccc2F)CCCC1. The number of halogens is 2. The van der Waals surface area contributed by atoms with Crippen LogP contribution >= 0.6 is 10.7 Å². The third-order valence-corrected chi connectivity index (χ3v) is 6.48. The third-order valence-electron chi connectivity index (χ3n) is 5.23. The molecule has 0 N–H and O–H groups in total. The molecular weight excluding hydrogens is 353 g/mol. The summed E-state index contributed by atoms with van der Waals surface area (Å²) in [5, 5.41) is 0. The van der Waals surface area contributed by atoms with E-state index in [0.29, 0.717) is 18.7 Å². The molecule has 1 aliphatic carbocycles. The van der Waals surface area contributed by atoms with Crippen molar-refractivity contribution in [2.75, 3.05) is 18.8 Å². The largest absolute Gasteiger partial charge is 0.341 e. The second kappa shape index (κ2) is 6.64. The molecule has 2 aliphatic rings. The lowest BCUT2D eigenvalue weighted by molar-refractivity contribution is -0.128. The molecule has 3 rings (SSSR count). The Labute approximate surface area is 146 Å². The van der Waals surface area contributed by atoms with E-state index in [1.54, 1.807) is 11.0 Å². The summed E-state index contributed by atoms with van der Waals surface area (Å²) in [6.07, 6.45) is 3.90. The van der Waals surface area contributed by atoms with Gasteiger partial charge in [0.05, 0.1) is 5.75 Å². The fraction of sp³-hybridized carbons (Fsp3) is 0.588. The highest BCUT2D eigenvalue weighted by Gasteiger charge is 2.42. The molecule has 0 spiro atoms. The summed E-state index contributed by atoms with van der Waals surface area (Å²) in [4.78, 5) is 14.0. The van der Waals surface area contributed by atoms with Gasteiger partial charge >= 0.3 is 0 Å². The lowest BCUT2D eigenvalue weighted by Gasteiger charge is -2.34. The van der Waals surface area contributed by atoms with E-state index >= 15 is 0 Å². The van der Waals surface area contributed by atoms with Gasteiger partial charge in [-0.05, 0) is 24.5 Å². The van der Waals surface area contributed by atoms with Gasteiger partial charge in [0.1, 0.15) is 5.82 Å². The Morgan fingerprint density at radius 2 is 1.92 bits per heavy atom. The van der Waals surface area contributed by atoms with E-state index in [4.69, 9.17) is 10.7 Å². The van der Waals surface area contributed by atoms with Crippen LogP contribution in [0.25, 0.3) is 0 Å². The van der Waals surface area contributed by atoms with E-state index < -0.39 is 9.05 Å². The molecule has 0 aromatic heterocycles. The highest BCUT2D eigenvalue weighted by Crippen LogP contribution is 2.43. The van der Waals surface area contributed by atoms with Crippen LogP contribution in [0.4, 0.5) is 4.39 Å². The van der Waals surface area contributed by atoms with Crippen molar-refractivity contribution in [1.82, 2.24) is 4.90 Å². The van der Waals surface area contributed by atoms with Crippen LogP contribution in [0.15, 0.2) is 24.3 Å². The monoisotopic (exact) mass is 373 g/mol. The number of carbonyl (C=O) groups is 1. The van der Waals surface area contributed by atoms with E-state index in [1.165, 1.54) is 6.07 Å². The minimum Gasteiger partial charge on any atom is -0.341 e. The highest BCUT2D eigenvalue weighted by atomic mass is 35.7. The first-order chi connectivity index (χ1) is 11.3. The molecule has 1 saturated heterocycles. The number of carbonyl (C=O) groups excluding carboxylic acids is 1. The maximum Gasteiger partial charge on any atom is 0.232 e. The van der Waals surface area contributed by atoms with Crippen molar-refractivity contribution in [3.05, 3.63) is 35.6 Å². The minimum absolute atomic E-state index is 0.0667. The summed E-state index contributed by atoms with van der Waals surface area (Å²) in [6, 6.07) is 6.77. The first-order valence-electron chi connectivity index (χ1n) is 8.24. The molecule has 132 valence electrons. The van der Waals surface area contributed by atoms with Crippen LogP contribution in [-0.4, -0.2) is 38.1 Å². The van der Waals surface area contributed by atoms with Gasteiger partial charge in [-0.15, -0.1) is 0 Å². The summed E-state index contributed by atoms with van der Waals surface area (Å²) in [7, 11) is 1.69. The van der Waals surface area contributed by atoms with Gasteiger partial charge in [0.15, 0.2) is 0 Å². The van der Waals surface area contributed by atoms with Gasteiger partial charge < -0.3 is 4.90 Å². The molecule has 2 fully saturated rings. The summed E-state index contributed by atoms with van der Waals surface area (Å²) in [6.45, 7) is 0.826. The van der Waals surface area contributed by atoms with Crippen molar-refractivity contribution in [1.29, 1.82) is 0 Å². The molecule has 24 heavy (non-hydrogen) atoms. The molecule has 1 amide bonds. The van der Waals surface area contributed by atoms with Crippen molar-refractivity contribution in [3.8, 4) is 0 Å². The van der Waals surface area contributed by atoms with E-state index in [2.05, 4.69) is 0 Å². The zero-order valence-corrected chi connectivity index (χ0v) is 15.0. The molecule has 0 bridgehead atoms. The van der Waals surface area contributed by atoms with Gasteiger partial charge in [-0.1, -0.05) is 31.0 Å². The number of likely N-dealkylation sites (tertiary alicyclic amines) is 1. The fourth-order valence-electron chi connectivity index (χ4n) is 4.22. The van der Waals surface area contributed by atoms with E-state index in [1.807, 2.05) is 12.1 Å². The molecule has 7 heteroatoms. The average molecular weight is 374 g/mol. The third kappa shape index (κ3) is 3.75. The molecule has 1 aliphatic heterocycles. The van der Waals surface area contributed by atoms with Crippen LogP contribution in [0.2, 0.25) is 0 Å². The topological polar surface area (TPSA) is 54.5 Å². The van der Waals surface area contributed by atoms with Gasteiger partial charge in [0.2, 0.25) is 15.0 Å². The number of nitrogens with zero attached hydrogens (tertiary/aromatic N) is 1. The molecule has 4 nitrogen and oxygen atoms in total. The van der Waals surface area contributed by atoms with Gasteiger partial charge in [-0.3, -0.25) is 4.79 Å². The van der Waals surface area contributed by atoms with Gasteiger partial charge in [-0.25, -0.2) is 12.8 Å². The first kappa shape index (κ1) is 17.7. The standard InChI is InChI=1S/C17H21ClFNO3S/c18-24(22,23)11-13-9-16(21)20(10-13)12-17(7-3-4-8-17)14-5-1-2-6-15(14)19/h1-2,5-6,13H,3-4,7-12H2. The Hall–Kier alpha value is -1.14. The lowest BCUT2D eigenvalue weighted by Crippen LogP contribution is -2.40. The highest BCUT2D eigenvalue weighted by molar-refractivity contribution is 8.13. The zero-order chi connectivity index (χ0) is 17.4. The van der Waals surface area contributed by atoms with Crippen molar-refractivity contribution in [2.24, 2.45) is 5.92 Å². The quantitative estimate of drug-likeness (QED) is 0.745. The van der Waals surface area contributed by atoms with Crippen molar-refractivity contribution < 1.29 is 17.6 Å². The van der Waals surface area contributed by atoms with E-state index in [0.717, 1.165) is 25.7 Å². The summed E-state index contributed by atoms with van der Waals surface area (Å²) in [5.74, 6) is -0.767. The Bertz CT molecular complexity index is 731. The van der Waals surface area contributed by atoms with Crippen LogP contribution in [-0.2, 0) is 19.3 Å². The van der Waals surface area contributed by atoms with Crippen LogP contribution < -0.4 is 0 Å². The fourth-order valence-corrected chi connectivity index (χ4v) is 5.54. The lowest BCUT2D eigenvalue weighted by atomic mass is 9.78. The second-order valence-electron chi connectivity index (χ2n) is 7.02. The number of rotatable bonds is 5. The maximum absolute atomic E-state index is 14.4. The van der Waals surface area contributed by atoms with Crippen LogP contribution in [0.3, 0.4) is 0 Å².